The molecule has 7 aromatic carbocycles. The van der Waals surface area contributed by atoms with Crippen molar-refractivity contribution in [3.05, 3.63) is 164 Å². The third-order valence-corrected chi connectivity index (χ3v) is 9.35. The van der Waals surface area contributed by atoms with Crippen LogP contribution in [0.25, 0.3) is 100 Å². The van der Waals surface area contributed by atoms with E-state index in [2.05, 4.69) is 84.9 Å². The molecule has 5 heteroatoms. The molecule has 0 atom stereocenters. The number of benzene rings is 7. The van der Waals surface area contributed by atoms with E-state index in [1.807, 2.05) is 78.9 Å². The van der Waals surface area contributed by atoms with Crippen molar-refractivity contribution in [3.8, 4) is 56.4 Å². The van der Waals surface area contributed by atoms with Gasteiger partial charge in [0.1, 0.15) is 22.3 Å². The average molecular weight is 642 g/mol. The Bertz CT molecular complexity index is 2870. The molecule has 0 aliphatic carbocycles. The van der Waals surface area contributed by atoms with Crippen LogP contribution in [0.1, 0.15) is 0 Å². The number of para-hydroxylation sites is 1. The molecule has 3 aromatic heterocycles. The van der Waals surface area contributed by atoms with E-state index in [4.69, 9.17) is 23.8 Å². The monoisotopic (exact) mass is 641 g/mol. The van der Waals surface area contributed by atoms with E-state index >= 15 is 0 Å². The summed E-state index contributed by atoms with van der Waals surface area (Å²) in [6, 6.07) is 55.8. The van der Waals surface area contributed by atoms with E-state index in [1.165, 1.54) is 11.1 Å². The molecule has 0 N–H and O–H groups in total. The number of hydrogen-bond acceptors (Lipinski definition) is 5. The van der Waals surface area contributed by atoms with Gasteiger partial charge in [-0.15, -0.1) is 0 Å². The second kappa shape index (κ2) is 11.4. The van der Waals surface area contributed by atoms with Gasteiger partial charge in [0.2, 0.25) is 0 Å². The number of fused-ring (bicyclic) bond motifs is 6. The smallest absolute Gasteiger partial charge is 0.164 e. The quantitative estimate of drug-likeness (QED) is 0.187. The maximum Gasteiger partial charge on any atom is 0.164 e. The largest absolute Gasteiger partial charge is 0.456 e. The van der Waals surface area contributed by atoms with Crippen molar-refractivity contribution in [3.63, 3.8) is 0 Å². The van der Waals surface area contributed by atoms with E-state index < -0.39 is 0 Å². The van der Waals surface area contributed by atoms with Crippen molar-refractivity contribution < 1.29 is 8.83 Å². The first kappa shape index (κ1) is 28.2. The molecule has 50 heavy (non-hydrogen) atoms. The first-order valence-electron chi connectivity index (χ1n) is 16.6. The Labute approximate surface area is 287 Å². The first-order valence-corrected chi connectivity index (χ1v) is 16.6. The van der Waals surface area contributed by atoms with Gasteiger partial charge in [-0.05, 0) is 58.7 Å². The third-order valence-electron chi connectivity index (χ3n) is 9.35. The van der Waals surface area contributed by atoms with Crippen LogP contribution < -0.4 is 0 Å². The average Bonchev–Trinajstić information content (AvgIpc) is 3.77. The van der Waals surface area contributed by atoms with Gasteiger partial charge in [0.25, 0.3) is 0 Å². The summed E-state index contributed by atoms with van der Waals surface area (Å²) < 4.78 is 12.7. The van der Waals surface area contributed by atoms with Crippen molar-refractivity contribution >= 4 is 43.9 Å². The molecule has 5 nitrogen and oxygen atoms in total. The molecule has 0 spiro atoms. The van der Waals surface area contributed by atoms with Gasteiger partial charge in [0.15, 0.2) is 17.5 Å². The van der Waals surface area contributed by atoms with Crippen molar-refractivity contribution in [2.24, 2.45) is 0 Å². The van der Waals surface area contributed by atoms with Crippen LogP contribution in [0.4, 0.5) is 0 Å². The highest BCUT2D eigenvalue weighted by atomic mass is 16.3. The van der Waals surface area contributed by atoms with Crippen molar-refractivity contribution in [1.82, 2.24) is 15.0 Å². The van der Waals surface area contributed by atoms with E-state index in [-0.39, 0.29) is 0 Å². The van der Waals surface area contributed by atoms with E-state index in [0.29, 0.717) is 17.5 Å². The number of hydrogen-bond donors (Lipinski definition) is 0. The van der Waals surface area contributed by atoms with Crippen LogP contribution in [0.15, 0.2) is 173 Å². The Hall–Kier alpha value is -6.85. The maximum absolute atomic E-state index is 6.44. The van der Waals surface area contributed by atoms with Crippen LogP contribution in [0.5, 0.6) is 0 Å². The number of rotatable bonds is 5. The number of nitrogens with zero attached hydrogens (tertiary/aromatic N) is 3. The lowest BCUT2D eigenvalue weighted by molar-refractivity contribution is 0.668. The summed E-state index contributed by atoms with van der Waals surface area (Å²) in [6.07, 6.45) is 0. The molecular weight excluding hydrogens is 615 g/mol. The van der Waals surface area contributed by atoms with E-state index in [0.717, 1.165) is 71.7 Å². The van der Waals surface area contributed by atoms with Crippen LogP contribution in [0, 0.1) is 0 Å². The van der Waals surface area contributed by atoms with Gasteiger partial charge >= 0.3 is 0 Å². The Balaban J connectivity index is 1.19. The molecule has 0 aliphatic rings. The molecule has 0 saturated heterocycles. The molecule has 0 unspecified atom stereocenters. The molecular formula is C45H27N3O2. The van der Waals surface area contributed by atoms with Gasteiger partial charge < -0.3 is 8.83 Å². The highest BCUT2D eigenvalue weighted by molar-refractivity contribution is 6.14. The molecule has 0 amide bonds. The van der Waals surface area contributed by atoms with Crippen LogP contribution in [-0.2, 0) is 0 Å². The number of aromatic nitrogens is 3. The van der Waals surface area contributed by atoms with Crippen LogP contribution >= 0.6 is 0 Å². The zero-order valence-electron chi connectivity index (χ0n) is 26.7. The normalized spacial score (nSPS) is 11.6. The second-order valence-electron chi connectivity index (χ2n) is 12.4. The molecule has 0 fully saturated rings. The molecule has 0 saturated carbocycles. The maximum atomic E-state index is 6.44. The van der Waals surface area contributed by atoms with Crippen molar-refractivity contribution in [1.29, 1.82) is 0 Å². The van der Waals surface area contributed by atoms with Gasteiger partial charge in [-0.25, -0.2) is 15.0 Å². The molecule has 0 aliphatic heterocycles. The molecule has 0 bridgehead atoms. The zero-order valence-corrected chi connectivity index (χ0v) is 26.7. The summed E-state index contributed by atoms with van der Waals surface area (Å²) in [5.74, 6) is 1.75. The minimum absolute atomic E-state index is 0.573. The molecule has 3 heterocycles. The summed E-state index contributed by atoms with van der Waals surface area (Å²) in [5, 5.41) is 3.97. The summed E-state index contributed by atoms with van der Waals surface area (Å²) in [5.41, 5.74) is 10.5. The lowest BCUT2D eigenvalue weighted by Crippen LogP contribution is -2.00. The minimum atomic E-state index is 0.573. The Kier molecular flexibility index (Phi) is 6.42. The summed E-state index contributed by atoms with van der Waals surface area (Å²) in [6.45, 7) is 0. The molecule has 10 aromatic rings. The SMILES string of the molecule is c1ccc(-c2cccc(-c3ccc4oc5cccc(-c6nc(-c7ccccc7)nc(-c7cccc8oc9ccccc9c78)n6)c5c4c3)c2)cc1. The minimum Gasteiger partial charge on any atom is -0.456 e. The van der Waals surface area contributed by atoms with Gasteiger partial charge in [-0.2, -0.15) is 0 Å². The summed E-state index contributed by atoms with van der Waals surface area (Å²) in [7, 11) is 0. The van der Waals surface area contributed by atoms with Crippen molar-refractivity contribution in [2.45, 2.75) is 0 Å². The van der Waals surface area contributed by atoms with Gasteiger partial charge in [-0.1, -0.05) is 127 Å². The fourth-order valence-corrected chi connectivity index (χ4v) is 7.00. The van der Waals surface area contributed by atoms with E-state index in [9.17, 15) is 0 Å². The lowest BCUT2D eigenvalue weighted by atomic mass is 9.97. The number of furan rings is 2. The predicted octanol–water partition coefficient (Wildman–Crippen LogP) is 12.0. The Morgan fingerprint density at radius 2 is 0.780 bits per heavy atom. The fraction of sp³-hybridized carbons (Fsp3) is 0. The second-order valence-corrected chi connectivity index (χ2v) is 12.4. The Morgan fingerprint density at radius 1 is 0.300 bits per heavy atom. The van der Waals surface area contributed by atoms with Crippen molar-refractivity contribution in [2.75, 3.05) is 0 Å². The standard InChI is InChI=1S/C45H27N3O2/c1-3-12-28(13-4-1)30-16-9-17-31(26-30)32-24-25-38-36(27-32)42-35(20-11-23-40(42)50-38)45-47-43(29-14-5-2-6-15-29)46-44(48-45)34-19-10-22-39-41(34)33-18-7-8-21-37(33)49-39/h1-27H. The van der Waals surface area contributed by atoms with E-state index in [1.54, 1.807) is 0 Å². The molecule has 0 radical (unpaired) electrons. The molecule has 234 valence electrons. The van der Waals surface area contributed by atoms with Gasteiger partial charge in [0, 0.05) is 38.2 Å². The fourth-order valence-electron chi connectivity index (χ4n) is 7.00. The van der Waals surface area contributed by atoms with Crippen LogP contribution in [0.3, 0.4) is 0 Å². The predicted molar refractivity (Wildman–Crippen MR) is 202 cm³/mol. The first-order chi connectivity index (χ1) is 24.8. The topological polar surface area (TPSA) is 65.0 Å². The third kappa shape index (κ3) is 4.67. The van der Waals surface area contributed by atoms with Gasteiger partial charge in [0.05, 0.1) is 0 Å². The Morgan fingerprint density at radius 3 is 1.48 bits per heavy atom. The summed E-state index contributed by atoms with van der Waals surface area (Å²) in [4.78, 5) is 15.4. The summed E-state index contributed by atoms with van der Waals surface area (Å²) >= 11 is 0. The van der Waals surface area contributed by atoms with Crippen LogP contribution in [0.2, 0.25) is 0 Å². The molecule has 10 rings (SSSR count). The van der Waals surface area contributed by atoms with Gasteiger partial charge in [-0.3, -0.25) is 0 Å². The highest BCUT2D eigenvalue weighted by Crippen LogP contribution is 2.40. The highest BCUT2D eigenvalue weighted by Gasteiger charge is 2.20. The van der Waals surface area contributed by atoms with Crippen LogP contribution in [-0.4, -0.2) is 15.0 Å². The zero-order chi connectivity index (χ0) is 33.0. The lowest BCUT2D eigenvalue weighted by Gasteiger charge is -2.10.